The second-order valence-corrected chi connectivity index (χ2v) is 5.64. The van der Waals surface area contributed by atoms with E-state index in [9.17, 15) is 4.79 Å². The molecule has 0 bridgehead atoms. The third-order valence-electron chi connectivity index (χ3n) is 2.01. The van der Waals surface area contributed by atoms with Crippen LogP contribution >= 0.6 is 50.5 Å². The van der Waals surface area contributed by atoms with Crippen LogP contribution in [0.25, 0.3) is 0 Å². The molecule has 0 saturated carbocycles. The molecule has 0 N–H and O–H groups in total. The van der Waals surface area contributed by atoms with Crippen LogP contribution < -0.4 is 0 Å². The van der Waals surface area contributed by atoms with Gasteiger partial charge < -0.3 is 0 Å². The van der Waals surface area contributed by atoms with Gasteiger partial charge in [0.1, 0.15) is 0 Å². The number of hydrogen-bond donors (Lipinski definition) is 0. The maximum absolute atomic E-state index is 12.1. The monoisotopic (exact) mass is 334 g/mol. The van der Waals surface area contributed by atoms with Crippen LogP contribution in [-0.4, -0.2) is 5.78 Å². The fourth-order valence-electron chi connectivity index (χ4n) is 1.22. The highest BCUT2D eigenvalue weighted by Gasteiger charge is 2.14. The van der Waals surface area contributed by atoms with Crippen molar-refractivity contribution in [1.29, 1.82) is 0 Å². The van der Waals surface area contributed by atoms with Crippen molar-refractivity contribution in [2.75, 3.05) is 0 Å². The van der Waals surface area contributed by atoms with Crippen molar-refractivity contribution in [3.05, 3.63) is 54.6 Å². The zero-order valence-electron chi connectivity index (χ0n) is 7.84. The maximum atomic E-state index is 12.1. The lowest BCUT2D eigenvalue weighted by atomic mass is 10.1. The summed E-state index contributed by atoms with van der Waals surface area (Å²) in [5, 5.41) is 2.69. The van der Waals surface area contributed by atoms with E-state index in [1.54, 1.807) is 18.2 Å². The Labute approximate surface area is 115 Å². The van der Waals surface area contributed by atoms with Gasteiger partial charge in [-0.25, -0.2) is 0 Å². The van der Waals surface area contributed by atoms with Gasteiger partial charge in [-0.3, -0.25) is 4.79 Å². The smallest absolute Gasteiger partial charge is 0.204 e. The zero-order valence-corrected chi connectivity index (χ0v) is 11.8. The van der Waals surface area contributed by atoms with Crippen LogP contribution in [0.4, 0.5) is 0 Å². The van der Waals surface area contributed by atoms with Crippen LogP contribution in [0.5, 0.6) is 0 Å². The van der Waals surface area contributed by atoms with E-state index in [4.69, 9.17) is 23.2 Å². The molecule has 0 aliphatic heterocycles. The van der Waals surface area contributed by atoms with E-state index < -0.39 is 0 Å². The molecule has 0 radical (unpaired) electrons. The molecule has 0 aliphatic rings. The minimum atomic E-state index is -0.0551. The first-order valence-electron chi connectivity index (χ1n) is 4.32. The van der Waals surface area contributed by atoms with Crippen LogP contribution in [0.2, 0.25) is 10.0 Å². The summed E-state index contributed by atoms with van der Waals surface area (Å²) >= 11 is 16.4. The van der Waals surface area contributed by atoms with Crippen molar-refractivity contribution in [2.24, 2.45) is 0 Å². The normalized spacial score (nSPS) is 10.4. The van der Waals surface area contributed by atoms with Crippen molar-refractivity contribution in [1.82, 2.24) is 0 Å². The zero-order chi connectivity index (χ0) is 11.7. The molecule has 0 saturated heterocycles. The molecule has 0 spiro atoms. The van der Waals surface area contributed by atoms with E-state index in [1.807, 2.05) is 11.4 Å². The lowest BCUT2D eigenvalue weighted by Crippen LogP contribution is -1.99. The molecule has 16 heavy (non-hydrogen) atoms. The Morgan fingerprint density at radius 1 is 1.19 bits per heavy atom. The van der Waals surface area contributed by atoms with Gasteiger partial charge in [-0.05, 0) is 45.6 Å². The third kappa shape index (κ3) is 2.33. The van der Waals surface area contributed by atoms with Gasteiger partial charge in [0.25, 0.3) is 0 Å². The molecule has 1 nitrogen and oxygen atoms in total. The van der Waals surface area contributed by atoms with Crippen molar-refractivity contribution in [3.8, 4) is 0 Å². The summed E-state index contributed by atoms with van der Waals surface area (Å²) < 4.78 is 0.800. The average Bonchev–Trinajstić information content (AvgIpc) is 2.67. The second-order valence-electron chi connectivity index (χ2n) is 3.06. The van der Waals surface area contributed by atoms with Gasteiger partial charge in [-0.15, -0.1) is 11.3 Å². The molecule has 1 aromatic carbocycles. The highest BCUT2D eigenvalue weighted by Crippen LogP contribution is 2.28. The van der Waals surface area contributed by atoms with Gasteiger partial charge in [0.15, 0.2) is 0 Å². The minimum absolute atomic E-state index is 0.0551. The van der Waals surface area contributed by atoms with Gasteiger partial charge in [0, 0.05) is 10.0 Å². The van der Waals surface area contributed by atoms with E-state index in [1.165, 1.54) is 11.3 Å². The molecule has 0 aliphatic carbocycles. The molecule has 0 fully saturated rings. The van der Waals surface area contributed by atoms with Crippen molar-refractivity contribution in [2.45, 2.75) is 0 Å². The van der Waals surface area contributed by atoms with E-state index in [0.717, 1.165) is 4.47 Å². The van der Waals surface area contributed by atoms with Crippen molar-refractivity contribution in [3.63, 3.8) is 0 Å². The first-order chi connectivity index (χ1) is 7.59. The summed E-state index contributed by atoms with van der Waals surface area (Å²) in [6, 6.07) is 6.72. The summed E-state index contributed by atoms with van der Waals surface area (Å²) in [6.07, 6.45) is 0. The van der Waals surface area contributed by atoms with Crippen LogP contribution in [0.1, 0.15) is 15.2 Å². The Morgan fingerprint density at radius 3 is 2.50 bits per heavy atom. The van der Waals surface area contributed by atoms with Crippen LogP contribution in [-0.2, 0) is 0 Å². The van der Waals surface area contributed by atoms with Crippen LogP contribution in [0, 0.1) is 0 Å². The first kappa shape index (κ1) is 12.1. The van der Waals surface area contributed by atoms with Gasteiger partial charge >= 0.3 is 0 Å². The van der Waals surface area contributed by atoms with Gasteiger partial charge in [0.05, 0.1) is 14.9 Å². The summed E-state index contributed by atoms with van der Waals surface area (Å²) in [4.78, 5) is 12.7. The van der Waals surface area contributed by atoms with Gasteiger partial charge in [-0.1, -0.05) is 23.2 Å². The SMILES string of the molecule is O=C(c1ccc(Cl)c(Cl)c1)c1sccc1Br. The molecule has 0 atom stereocenters. The topological polar surface area (TPSA) is 17.1 Å². The summed E-state index contributed by atoms with van der Waals surface area (Å²) in [6.45, 7) is 0. The second kappa shape index (κ2) is 4.88. The molecular weight excluding hydrogens is 331 g/mol. The van der Waals surface area contributed by atoms with Crippen molar-refractivity contribution < 1.29 is 4.79 Å². The molecule has 82 valence electrons. The number of ketones is 1. The van der Waals surface area contributed by atoms with Crippen LogP contribution in [0.3, 0.4) is 0 Å². The lowest BCUT2D eigenvalue weighted by Gasteiger charge is -2.01. The number of thiophene rings is 1. The number of carbonyl (C=O) groups is 1. The highest BCUT2D eigenvalue weighted by atomic mass is 79.9. The summed E-state index contributed by atoms with van der Waals surface area (Å²) in [7, 11) is 0. The fourth-order valence-corrected chi connectivity index (χ4v) is 3.04. The number of rotatable bonds is 2. The third-order valence-corrected chi connectivity index (χ3v) is 4.58. The summed E-state index contributed by atoms with van der Waals surface area (Å²) in [5.74, 6) is -0.0551. The number of benzene rings is 1. The molecule has 1 heterocycles. The van der Waals surface area contributed by atoms with E-state index >= 15 is 0 Å². The molecule has 2 rings (SSSR count). The van der Waals surface area contributed by atoms with E-state index in [2.05, 4.69) is 15.9 Å². The van der Waals surface area contributed by atoms with E-state index in [0.29, 0.717) is 20.5 Å². The Kier molecular flexibility index (Phi) is 3.70. The molecule has 1 aromatic heterocycles. The van der Waals surface area contributed by atoms with Crippen molar-refractivity contribution >= 4 is 56.3 Å². The van der Waals surface area contributed by atoms with Crippen LogP contribution in [0.15, 0.2) is 34.1 Å². The number of hydrogen-bond acceptors (Lipinski definition) is 2. The average molecular weight is 336 g/mol. The molecule has 0 amide bonds. The number of carbonyl (C=O) groups excluding carboxylic acids is 1. The maximum Gasteiger partial charge on any atom is 0.204 e. The minimum Gasteiger partial charge on any atom is -0.288 e. The molecule has 2 aromatic rings. The summed E-state index contributed by atoms with van der Waals surface area (Å²) in [5.41, 5.74) is 0.539. The highest BCUT2D eigenvalue weighted by molar-refractivity contribution is 9.10. The largest absolute Gasteiger partial charge is 0.288 e. The van der Waals surface area contributed by atoms with E-state index in [-0.39, 0.29) is 5.78 Å². The fraction of sp³-hybridized carbons (Fsp3) is 0. The Balaban J connectivity index is 2.42. The predicted molar refractivity (Wildman–Crippen MR) is 71.9 cm³/mol. The first-order valence-corrected chi connectivity index (χ1v) is 6.75. The van der Waals surface area contributed by atoms with Gasteiger partial charge in [0.2, 0.25) is 5.78 Å². The standard InChI is InChI=1S/C11H5BrCl2OS/c12-7-3-4-16-11(7)10(15)6-1-2-8(13)9(14)5-6/h1-5H. The Morgan fingerprint density at radius 2 is 1.94 bits per heavy atom. The predicted octanol–water partition coefficient (Wildman–Crippen LogP) is 5.05. The molecular formula is C11H5BrCl2OS. The molecule has 0 unspecified atom stereocenters. The quantitative estimate of drug-likeness (QED) is 0.702. The Bertz CT molecular complexity index is 551. The van der Waals surface area contributed by atoms with Gasteiger partial charge in [-0.2, -0.15) is 0 Å². The lowest BCUT2D eigenvalue weighted by molar-refractivity contribution is 0.104. The molecule has 5 heteroatoms. The number of halogens is 3. The Hall–Kier alpha value is -0.350.